The van der Waals surface area contributed by atoms with Gasteiger partial charge in [-0.25, -0.2) is 15.9 Å². The highest BCUT2D eigenvalue weighted by atomic mass is 32.2. The molecule has 1 unspecified atom stereocenters. The number of carbonyl (C=O) groups is 1. The molecule has 1 saturated heterocycles. The van der Waals surface area contributed by atoms with Crippen LogP contribution >= 0.6 is 11.1 Å². The number of nitrogens with zero attached hydrogens (tertiary/aromatic N) is 1. The van der Waals surface area contributed by atoms with Crippen molar-refractivity contribution in [1.29, 1.82) is 0 Å². The molecule has 1 aliphatic rings. The van der Waals surface area contributed by atoms with Gasteiger partial charge in [0, 0.05) is 32.2 Å². The molecule has 0 aromatic heterocycles. The highest BCUT2D eigenvalue weighted by Crippen LogP contribution is 2.26. The SMILES string of the molecule is CC[SH](CC)NCC1CCN(C(=O)OCc2ccccc2)C[C@@H]1CO. The number of nitrogens with one attached hydrogen (secondary N) is 1. The van der Waals surface area contributed by atoms with E-state index in [2.05, 4.69) is 18.6 Å². The molecule has 1 heterocycles. The van der Waals surface area contributed by atoms with Crippen molar-refractivity contribution in [3.8, 4) is 0 Å². The van der Waals surface area contributed by atoms with E-state index in [-0.39, 0.29) is 29.7 Å². The van der Waals surface area contributed by atoms with Crippen molar-refractivity contribution < 1.29 is 14.6 Å². The fraction of sp³-hybridized carbons (Fsp3) is 0.632. The van der Waals surface area contributed by atoms with Gasteiger partial charge in [0.05, 0.1) is 0 Å². The molecule has 0 saturated carbocycles. The summed E-state index contributed by atoms with van der Waals surface area (Å²) in [5, 5.41) is 9.75. The third kappa shape index (κ3) is 6.20. The number of piperidine rings is 1. The molecule has 142 valence electrons. The number of aliphatic hydroxyl groups excluding tert-OH is 1. The number of hydrogen-bond acceptors (Lipinski definition) is 4. The van der Waals surface area contributed by atoms with Gasteiger partial charge in [-0.2, -0.15) is 0 Å². The number of likely N-dealkylation sites (tertiary alicyclic amines) is 1. The maximum absolute atomic E-state index is 12.3. The van der Waals surface area contributed by atoms with Crippen LogP contribution < -0.4 is 4.72 Å². The molecule has 2 rings (SSSR count). The monoisotopic (exact) mass is 368 g/mol. The van der Waals surface area contributed by atoms with Crippen LogP contribution in [0, 0.1) is 11.8 Å². The molecule has 2 N–H and O–H groups in total. The fourth-order valence-electron chi connectivity index (χ4n) is 3.23. The molecule has 1 aromatic carbocycles. The van der Waals surface area contributed by atoms with Crippen molar-refractivity contribution in [2.24, 2.45) is 11.8 Å². The maximum Gasteiger partial charge on any atom is 0.410 e. The van der Waals surface area contributed by atoms with Gasteiger partial charge < -0.3 is 14.7 Å². The molecular weight excluding hydrogens is 336 g/mol. The van der Waals surface area contributed by atoms with Gasteiger partial charge in [-0.1, -0.05) is 44.2 Å². The van der Waals surface area contributed by atoms with Crippen LogP contribution in [0.1, 0.15) is 25.8 Å². The topological polar surface area (TPSA) is 61.8 Å². The van der Waals surface area contributed by atoms with Crippen molar-refractivity contribution in [2.45, 2.75) is 26.9 Å². The standard InChI is InChI=1S/C19H32N2O3S/c1-3-25(4-2)20-12-17-10-11-21(13-18(17)14-22)19(23)24-15-16-8-6-5-7-9-16/h5-9,17-18,20,22,25H,3-4,10-15H2,1-2H3/t17?,18-/m1/s1. The van der Waals surface area contributed by atoms with Crippen LogP contribution in [0.3, 0.4) is 0 Å². The third-order valence-electron chi connectivity index (χ3n) is 4.93. The summed E-state index contributed by atoms with van der Waals surface area (Å²) in [6.07, 6.45) is 0.632. The number of benzene rings is 1. The lowest BCUT2D eigenvalue weighted by atomic mass is 9.86. The van der Waals surface area contributed by atoms with E-state index in [4.69, 9.17) is 4.74 Å². The summed E-state index contributed by atoms with van der Waals surface area (Å²) in [6.45, 7) is 7.06. The van der Waals surface area contributed by atoms with E-state index in [9.17, 15) is 9.90 Å². The lowest BCUT2D eigenvalue weighted by Gasteiger charge is -2.38. The van der Waals surface area contributed by atoms with Crippen molar-refractivity contribution in [1.82, 2.24) is 9.62 Å². The Bertz CT molecular complexity index is 511. The van der Waals surface area contributed by atoms with Gasteiger partial charge in [0.15, 0.2) is 0 Å². The molecule has 1 aliphatic heterocycles. The van der Waals surface area contributed by atoms with Gasteiger partial charge >= 0.3 is 6.09 Å². The smallest absolute Gasteiger partial charge is 0.410 e. The third-order valence-corrected chi connectivity index (χ3v) is 7.09. The molecule has 5 nitrogen and oxygen atoms in total. The predicted octanol–water partition coefficient (Wildman–Crippen LogP) is 2.80. The van der Waals surface area contributed by atoms with Crippen LogP contribution in [0.2, 0.25) is 0 Å². The van der Waals surface area contributed by atoms with Crippen molar-refractivity contribution in [3.05, 3.63) is 35.9 Å². The van der Waals surface area contributed by atoms with Crippen LogP contribution in [0.5, 0.6) is 0 Å². The molecule has 0 bridgehead atoms. The zero-order chi connectivity index (χ0) is 18.1. The molecule has 0 radical (unpaired) electrons. The Morgan fingerprint density at radius 2 is 2.00 bits per heavy atom. The maximum atomic E-state index is 12.3. The largest absolute Gasteiger partial charge is 0.445 e. The minimum Gasteiger partial charge on any atom is -0.445 e. The van der Waals surface area contributed by atoms with Gasteiger partial charge in [0.2, 0.25) is 0 Å². The Kier molecular flexibility index (Phi) is 8.58. The minimum absolute atomic E-state index is 0.0971. The second kappa shape index (κ2) is 10.7. The second-order valence-corrected chi connectivity index (χ2v) is 9.17. The summed E-state index contributed by atoms with van der Waals surface area (Å²) in [7, 11) is 0. The number of thiol groups is 1. The fourth-order valence-corrected chi connectivity index (χ4v) is 4.61. The lowest BCUT2D eigenvalue weighted by molar-refractivity contribution is 0.0482. The van der Waals surface area contributed by atoms with E-state index >= 15 is 0 Å². The normalized spacial score (nSPS) is 21.1. The van der Waals surface area contributed by atoms with Crippen LogP contribution in [0.4, 0.5) is 4.79 Å². The van der Waals surface area contributed by atoms with Gasteiger partial charge in [-0.15, -0.1) is 0 Å². The summed E-state index contributed by atoms with van der Waals surface area (Å²) < 4.78 is 9.08. The highest BCUT2D eigenvalue weighted by Gasteiger charge is 2.31. The Morgan fingerprint density at radius 3 is 2.64 bits per heavy atom. The number of ether oxygens (including phenoxy) is 1. The zero-order valence-corrected chi connectivity index (χ0v) is 16.3. The Balaban J connectivity index is 1.80. The molecule has 6 heteroatoms. The second-order valence-electron chi connectivity index (χ2n) is 6.51. The van der Waals surface area contributed by atoms with Crippen LogP contribution in [0.25, 0.3) is 0 Å². The summed E-state index contributed by atoms with van der Waals surface area (Å²) in [5.41, 5.74) is 0.987. The van der Waals surface area contributed by atoms with Crippen LogP contribution in [0.15, 0.2) is 30.3 Å². The average molecular weight is 369 g/mol. The van der Waals surface area contributed by atoms with Gasteiger partial charge in [0.25, 0.3) is 0 Å². The van der Waals surface area contributed by atoms with Crippen molar-refractivity contribution in [2.75, 3.05) is 37.7 Å². The van der Waals surface area contributed by atoms with Gasteiger partial charge in [-0.05, 0) is 29.4 Å². The molecule has 0 spiro atoms. The van der Waals surface area contributed by atoms with Crippen LogP contribution in [-0.4, -0.2) is 53.8 Å². The average Bonchev–Trinajstić information content (AvgIpc) is 2.67. The predicted molar refractivity (Wildman–Crippen MR) is 105 cm³/mol. The number of aliphatic hydroxyl groups is 1. The molecule has 2 atom stereocenters. The zero-order valence-electron chi connectivity index (χ0n) is 15.4. The van der Waals surface area contributed by atoms with Crippen molar-refractivity contribution in [3.63, 3.8) is 0 Å². The molecule has 1 aromatic rings. The van der Waals surface area contributed by atoms with E-state index in [1.54, 1.807) is 4.90 Å². The first kappa shape index (κ1) is 20.1. The summed E-state index contributed by atoms with van der Waals surface area (Å²) in [6, 6.07) is 9.71. The van der Waals surface area contributed by atoms with Crippen LogP contribution in [-0.2, 0) is 11.3 Å². The summed E-state index contributed by atoms with van der Waals surface area (Å²) in [5.74, 6) is 2.91. The molecular formula is C19H32N2O3S. The van der Waals surface area contributed by atoms with E-state index in [0.29, 0.717) is 25.6 Å². The number of rotatable bonds is 8. The van der Waals surface area contributed by atoms with Gasteiger partial charge in [0.1, 0.15) is 6.61 Å². The van der Waals surface area contributed by atoms with E-state index in [0.717, 1.165) is 18.5 Å². The number of amides is 1. The highest BCUT2D eigenvalue weighted by molar-refractivity contribution is 8.15. The van der Waals surface area contributed by atoms with Crippen molar-refractivity contribution >= 4 is 17.2 Å². The first-order chi connectivity index (χ1) is 12.2. The van der Waals surface area contributed by atoms with E-state index in [1.807, 2.05) is 30.3 Å². The molecule has 25 heavy (non-hydrogen) atoms. The van der Waals surface area contributed by atoms with E-state index < -0.39 is 0 Å². The first-order valence-electron chi connectivity index (χ1n) is 9.22. The first-order valence-corrected chi connectivity index (χ1v) is 10.9. The number of hydrogen-bond donors (Lipinski definition) is 3. The molecule has 1 amide bonds. The molecule has 0 aliphatic carbocycles. The summed E-state index contributed by atoms with van der Waals surface area (Å²) in [4.78, 5) is 14.0. The minimum atomic E-state index is -0.280. The van der Waals surface area contributed by atoms with E-state index in [1.165, 1.54) is 11.5 Å². The molecule has 1 fully saturated rings. The quantitative estimate of drug-likeness (QED) is 0.618. The Morgan fingerprint density at radius 1 is 1.28 bits per heavy atom. The van der Waals surface area contributed by atoms with Gasteiger partial charge in [-0.3, -0.25) is 4.72 Å². The summed E-state index contributed by atoms with van der Waals surface area (Å²) >= 11 is -0.0971. The Labute approximate surface area is 154 Å². The lowest BCUT2D eigenvalue weighted by Crippen LogP contribution is -2.47. The Hall–Kier alpha value is -1.24. The number of carbonyl (C=O) groups excluding carboxylic acids is 1.